The lowest BCUT2D eigenvalue weighted by atomic mass is 10.1. The van der Waals surface area contributed by atoms with Crippen molar-refractivity contribution in [3.63, 3.8) is 0 Å². The second-order valence-corrected chi connectivity index (χ2v) is 4.63. The summed E-state index contributed by atoms with van der Waals surface area (Å²) in [6.07, 6.45) is 2.01. The number of ether oxygens (including phenoxy) is 1. The first-order valence-electron chi connectivity index (χ1n) is 6.73. The summed E-state index contributed by atoms with van der Waals surface area (Å²) in [5, 5.41) is 3.35. The summed E-state index contributed by atoms with van der Waals surface area (Å²) < 4.78 is 5.70. The monoisotopic (exact) mass is 247 g/mol. The van der Waals surface area contributed by atoms with Crippen LogP contribution in [-0.4, -0.2) is 19.7 Å². The number of benzene rings is 1. The zero-order valence-electron chi connectivity index (χ0n) is 11.7. The van der Waals surface area contributed by atoms with Crippen molar-refractivity contribution in [1.82, 2.24) is 5.32 Å². The van der Waals surface area contributed by atoms with E-state index >= 15 is 0 Å². The van der Waals surface area contributed by atoms with Crippen molar-refractivity contribution in [1.29, 1.82) is 0 Å². The molecule has 0 aromatic heterocycles. The van der Waals surface area contributed by atoms with E-state index in [0.29, 0.717) is 6.61 Å². The highest BCUT2D eigenvalue weighted by Gasteiger charge is 2.01. The predicted molar refractivity (Wildman–Crippen MR) is 77.8 cm³/mol. The highest BCUT2D eigenvalue weighted by atomic mass is 16.5. The van der Waals surface area contributed by atoms with Crippen LogP contribution < -0.4 is 5.32 Å². The molecule has 0 bridgehead atoms. The van der Waals surface area contributed by atoms with E-state index in [-0.39, 0.29) is 0 Å². The Hall–Kier alpha value is -1.12. The molecular weight excluding hydrogens is 222 g/mol. The van der Waals surface area contributed by atoms with Gasteiger partial charge in [-0.15, -0.1) is 6.58 Å². The predicted octanol–water partition coefficient (Wildman–Crippen LogP) is 3.32. The molecule has 1 N–H and O–H groups in total. The third kappa shape index (κ3) is 5.99. The molecule has 1 aromatic rings. The SMILES string of the molecule is C=C(C)CCOCc1ccccc1CCNCC. The zero-order valence-corrected chi connectivity index (χ0v) is 11.7. The molecule has 0 spiro atoms. The summed E-state index contributed by atoms with van der Waals surface area (Å²) in [6.45, 7) is 11.6. The summed E-state index contributed by atoms with van der Waals surface area (Å²) >= 11 is 0. The van der Waals surface area contributed by atoms with Crippen LogP contribution in [0.3, 0.4) is 0 Å². The maximum absolute atomic E-state index is 5.70. The summed E-state index contributed by atoms with van der Waals surface area (Å²) in [5.41, 5.74) is 3.86. The van der Waals surface area contributed by atoms with Crippen LogP contribution in [0.5, 0.6) is 0 Å². The Bertz CT molecular complexity index is 360. The summed E-state index contributed by atoms with van der Waals surface area (Å²) in [6, 6.07) is 8.52. The lowest BCUT2D eigenvalue weighted by Crippen LogP contribution is -2.16. The van der Waals surface area contributed by atoms with E-state index in [1.807, 2.05) is 6.92 Å². The van der Waals surface area contributed by atoms with Gasteiger partial charge in [-0.3, -0.25) is 0 Å². The molecule has 0 saturated carbocycles. The lowest BCUT2D eigenvalue weighted by Gasteiger charge is -2.10. The minimum absolute atomic E-state index is 0.704. The van der Waals surface area contributed by atoms with E-state index in [2.05, 4.69) is 43.1 Å². The molecule has 100 valence electrons. The van der Waals surface area contributed by atoms with Crippen molar-refractivity contribution >= 4 is 0 Å². The summed E-state index contributed by atoms with van der Waals surface area (Å²) in [7, 11) is 0. The summed E-state index contributed by atoms with van der Waals surface area (Å²) in [4.78, 5) is 0. The van der Waals surface area contributed by atoms with Crippen LogP contribution in [0.2, 0.25) is 0 Å². The van der Waals surface area contributed by atoms with Crippen LogP contribution >= 0.6 is 0 Å². The van der Waals surface area contributed by atoms with Crippen molar-refractivity contribution in [2.75, 3.05) is 19.7 Å². The molecule has 0 saturated heterocycles. The van der Waals surface area contributed by atoms with Crippen molar-refractivity contribution in [3.05, 3.63) is 47.5 Å². The first kappa shape index (κ1) is 14.9. The molecule has 0 fully saturated rings. The van der Waals surface area contributed by atoms with E-state index in [1.54, 1.807) is 0 Å². The van der Waals surface area contributed by atoms with Gasteiger partial charge in [0.25, 0.3) is 0 Å². The van der Waals surface area contributed by atoms with Crippen molar-refractivity contribution in [2.24, 2.45) is 0 Å². The average molecular weight is 247 g/mol. The second kappa shape index (κ2) is 8.90. The second-order valence-electron chi connectivity index (χ2n) is 4.63. The normalized spacial score (nSPS) is 10.6. The van der Waals surface area contributed by atoms with Gasteiger partial charge in [0.1, 0.15) is 0 Å². The van der Waals surface area contributed by atoms with E-state index in [0.717, 1.165) is 32.5 Å². The lowest BCUT2D eigenvalue weighted by molar-refractivity contribution is 0.123. The molecule has 0 unspecified atom stereocenters. The standard InChI is InChI=1S/C16H25NO/c1-4-17-11-9-15-7-5-6-8-16(15)13-18-12-10-14(2)3/h5-8,17H,2,4,9-13H2,1,3H3. The molecule has 0 radical (unpaired) electrons. The van der Waals surface area contributed by atoms with Crippen LogP contribution in [0.15, 0.2) is 36.4 Å². The minimum atomic E-state index is 0.704. The molecular formula is C16H25NO. The van der Waals surface area contributed by atoms with Crippen LogP contribution in [-0.2, 0) is 17.8 Å². The number of hydrogen-bond acceptors (Lipinski definition) is 2. The van der Waals surface area contributed by atoms with Crippen LogP contribution in [0, 0.1) is 0 Å². The highest BCUT2D eigenvalue weighted by Crippen LogP contribution is 2.11. The van der Waals surface area contributed by atoms with Gasteiger partial charge in [0.05, 0.1) is 13.2 Å². The molecule has 0 aliphatic rings. The molecule has 0 atom stereocenters. The third-order valence-electron chi connectivity index (χ3n) is 2.87. The van der Waals surface area contributed by atoms with Gasteiger partial charge in [-0.2, -0.15) is 0 Å². The number of hydrogen-bond donors (Lipinski definition) is 1. The molecule has 0 aliphatic carbocycles. The Morgan fingerprint density at radius 2 is 2.00 bits per heavy atom. The Balaban J connectivity index is 2.40. The van der Waals surface area contributed by atoms with E-state index in [9.17, 15) is 0 Å². The maximum Gasteiger partial charge on any atom is 0.0719 e. The van der Waals surface area contributed by atoms with Gasteiger partial charge in [-0.1, -0.05) is 36.8 Å². The third-order valence-corrected chi connectivity index (χ3v) is 2.87. The molecule has 18 heavy (non-hydrogen) atoms. The van der Waals surface area contributed by atoms with Gasteiger partial charge < -0.3 is 10.1 Å². The van der Waals surface area contributed by atoms with E-state index in [1.165, 1.54) is 16.7 Å². The fourth-order valence-electron chi connectivity index (χ4n) is 1.77. The van der Waals surface area contributed by atoms with Crippen molar-refractivity contribution in [2.45, 2.75) is 33.3 Å². The molecule has 0 aliphatic heterocycles. The van der Waals surface area contributed by atoms with Gasteiger partial charge in [0.15, 0.2) is 0 Å². The molecule has 1 aromatic carbocycles. The molecule has 1 rings (SSSR count). The van der Waals surface area contributed by atoms with Crippen LogP contribution in [0.1, 0.15) is 31.4 Å². The van der Waals surface area contributed by atoms with Gasteiger partial charge in [0.2, 0.25) is 0 Å². The highest BCUT2D eigenvalue weighted by molar-refractivity contribution is 5.26. The Morgan fingerprint density at radius 3 is 2.67 bits per heavy atom. The maximum atomic E-state index is 5.70. The van der Waals surface area contributed by atoms with Crippen LogP contribution in [0.4, 0.5) is 0 Å². The Morgan fingerprint density at radius 1 is 1.28 bits per heavy atom. The number of likely N-dealkylation sites (N-methyl/N-ethyl adjacent to an activating group) is 1. The molecule has 2 heteroatoms. The van der Waals surface area contributed by atoms with Gasteiger partial charge >= 0.3 is 0 Å². The smallest absolute Gasteiger partial charge is 0.0719 e. The first-order chi connectivity index (χ1) is 8.74. The van der Waals surface area contributed by atoms with E-state index < -0.39 is 0 Å². The Labute approximate surface area is 111 Å². The molecule has 2 nitrogen and oxygen atoms in total. The number of nitrogens with one attached hydrogen (secondary N) is 1. The largest absolute Gasteiger partial charge is 0.376 e. The van der Waals surface area contributed by atoms with Crippen LogP contribution in [0.25, 0.3) is 0 Å². The molecule has 0 heterocycles. The average Bonchev–Trinajstić information content (AvgIpc) is 2.36. The summed E-state index contributed by atoms with van der Waals surface area (Å²) in [5.74, 6) is 0. The minimum Gasteiger partial charge on any atom is -0.376 e. The van der Waals surface area contributed by atoms with Gasteiger partial charge in [-0.05, 0) is 44.0 Å². The fourth-order valence-corrected chi connectivity index (χ4v) is 1.77. The number of rotatable bonds is 9. The van der Waals surface area contributed by atoms with E-state index in [4.69, 9.17) is 4.74 Å². The molecule has 0 amide bonds. The van der Waals surface area contributed by atoms with Crippen molar-refractivity contribution < 1.29 is 4.74 Å². The van der Waals surface area contributed by atoms with Crippen molar-refractivity contribution in [3.8, 4) is 0 Å². The fraction of sp³-hybridized carbons (Fsp3) is 0.500. The Kier molecular flexibility index (Phi) is 7.38. The van der Waals surface area contributed by atoms with Gasteiger partial charge in [0, 0.05) is 0 Å². The quantitative estimate of drug-likeness (QED) is 0.534. The zero-order chi connectivity index (χ0) is 13.2. The topological polar surface area (TPSA) is 21.3 Å². The first-order valence-corrected chi connectivity index (χ1v) is 6.73. The van der Waals surface area contributed by atoms with Gasteiger partial charge in [-0.25, -0.2) is 0 Å².